The summed E-state index contributed by atoms with van der Waals surface area (Å²) in [7, 11) is 0. The zero-order valence-electron chi connectivity index (χ0n) is 11.9. The Bertz CT molecular complexity index is 666. The Kier molecular flexibility index (Phi) is 3.50. The highest BCUT2D eigenvalue weighted by Gasteiger charge is 2.27. The molecule has 1 aliphatic rings. The Labute approximate surface area is 127 Å². The van der Waals surface area contributed by atoms with E-state index in [2.05, 4.69) is 58.8 Å². The van der Waals surface area contributed by atoms with Crippen LogP contribution in [-0.2, 0) is 0 Å². The minimum atomic E-state index is 0.509. The van der Waals surface area contributed by atoms with Crippen molar-refractivity contribution in [1.82, 2.24) is 9.97 Å². The van der Waals surface area contributed by atoms with Crippen LogP contribution < -0.4 is 4.74 Å². The molecule has 1 heterocycles. The summed E-state index contributed by atoms with van der Waals surface area (Å²) in [5.41, 5.74) is 3.50. The van der Waals surface area contributed by atoms with Crippen LogP contribution in [0.15, 0.2) is 22.8 Å². The average Bonchev–Trinajstić information content (AvgIpc) is 3.23. The lowest BCUT2D eigenvalue weighted by Gasteiger charge is -2.13. The minimum Gasteiger partial charge on any atom is -0.438 e. The molecule has 0 unspecified atom stereocenters. The fourth-order valence-electron chi connectivity index (χ4n) is 2.18. The van der Waals surface area contributed by atoms with E-state index >= 15 is 0 Å². The van der Waals surface area contributed by atoms with Crippen molar-refractivity contribution in [3.05, 3.63) is 45.3 Å². The number of aromatic nitrogens is 2. The van der Waals surface area contributed by atoms with Crippen molar-refractivity contribution >= 4 is 15.9 Å². The quantitative estimate of drug-likeness (QED) is 0.754. The third-order valence-corrected chi connectivity index (χ3v) is 4.12. The lowest BCUT2D eigenvalue weighted by atomic mass is 10.1. The van der Waals surface area contributed by atoms with Gasteiger partial charge >= 0.3 is 0 Å². The van der Waals surface area contributed by atoms with Crippen LogP contribution in [0.1, 0.15) is 41.3 Å². The van der Waals surface area contributed by atoms with E-state index in [1.165, 1.54) is 18.4 Å². The van der Waals surface area contributed by atoms with Gasteiger partial charge in [0.05, 0.1) is 0 Å². The smallest absolute Gasteiger partial charge is 0.223 e. The van der Waals surface area contributed by atoms with Crippen LogP contribution in [0, 0.1) is 20.8 Å². The Morgan fingerprint density at radius 2 is 1.80 bits per heavy atom. The SMILES string of the molecule is Cc1ccc(C)c(Oc2cc(Br)nc(C3CC3)n2)c1C. The molecule has 0 amide bonds. The van der Waals surface area contributed by atoms with E-state index in [0.29, 0.717) is 11.8 Å². The monoisotopic (exact) mass is 332 g/mol. The fourth-order valence-corrected chi connectivity index (χ4v) is 2.55. The second-order valence-electron chi connectivity index (χ2n) is 5.42. The highest BCUT2D eigenvalue weighted by molar-refractivity contribution is 9.10. The minimum absolute atomic E-state index is 0.509. The summed E-state index contributed by atoms with van der Waals surface area (Å²) in [6.07, 6.45) is 2.36. The standard InChI is InChI=1S/C16H17BrN2O/c1-9-4-5-10(2)15(11(9)3)20-14-8-13(17)18-16(19-14)12-6-7-12/h4-5,8,12H,6-7H2,1-3H3. The first-order valence-electron chi connectivity index (χ1n) is 6.83. The molecule has 20 heavy (non-hydrogen) atoms. The molecule has 0 N–H and O–H groups in total. The van der Waals surface area contributed by atoms with Crippen LogP contribution in [0.4, 0.5) is 0 Å². The predicted molar refractivity (Wildman–Crippen MR) is 82.4 cm³/mol. The molecule has 2 aromatic rings. The number of rotatable bonds is 3. The molecule has 3 rings (SSSR count). The molecule has 1 aromatic heterocycles. The van der Waals surface area contributed by atoms with Gasteiger partial charge in [0.15, 0.2) is 0 Å². The molecule has 0 spiro atoms. The van der Waals surface area contributed by atoms with Gasteiger partial charge < -0.3 is 4.74 Å². The van der Waals surface area contributed by atoms with Gasteiger partial charge in [0.25, 0.3) is 0 Å². The first kappa shape index (κ1) is 13.6. The van der Waals surface area contributed by atoms with Crippen molar-refractivity contribution in [2.45, 2.75) is 39.5 Å². The third-order valence-electron chi connectivity index (χ3n) is 3.71. The van der Waals surface area contributed by atoms with Gasteiger partial charge in [0.2, 0.25) is 5.88 Å². The van der Waals surface area contributed by atoms with Crippen LogP contribution in [0.3, 0.4) is 0 Å². The normalized spacial score (nSPS) is 14.4. The second kappa shape index (κ2) is 5.17. The highest BCUT2D eigenvalue weighted by Crippen LogP contribution is 2.39. The van der Waals surface area contributed by atoms with Gasteiger partial charge in [0, 0.05) is 12.0 Å². The molecule has 1 fully saturated rings. The zero-order chi connectivity index (χ0) is 14.3. The number of nitrogens with zero attached hydrogens (tertiary/aromatic N) is 2. The van der Waals surface area contributed by atoms with E-state index < -0.39 is 0 Å². The molecule has 0 bridgehead atoms. The Morgan fingerprint density at radius 3 is 2.50 bits per heavy atom. The highest BCUT2D eigenvalue weighted by atomic mass is 79.9. The topological polar surface area (TPSA) is 35.0 Å². The number of hydrogen-bond donors (Lipinski definition) is 0. The van der Waals surface area contributed by atoms with Crippen LogP contribution in [0.2, 0.25) is 0 Å². The van der Waals surface area contributed by atoms with Crippen LogP contribution in [0.5, 0.6) is 11.6 Å². The van der Waals surface area contributed by atoms with Crippen LogP contribution >= 0.6 is 15.9 Å². The van der Waals surface area contributed by atoms with Gasteiger partial charge in [-0.05, 0) is 66.2 Å². The maximum absolute atomic E-state index is 6.04. The number of ether oxygens (including phenoxy) is 1. The van der Waals surface area contributed by atoms with Crippen molar-refractivity contribution in [2.24, 2.45) is 0 Å². The van der Waals surface area contributed by atoms with Gasteiger partial charge in [-0.1, -0.05) is 12.1 Å². The number of aryl methyl sites for hydroxylation is 2. The van der Waals surface area contributed by atoms with E-state index in [-0.39, 0.29) is 0 Å². The van der Waals surface area contributed by atoms with Gasteiger partial charge in [-0.15, -0.1) is 0 Å². The van der Waals surface area contributed by atoms with Gasteiger partial charge in [-0.2, -0.15) is 4.98 Å². The summed E-state index contributed by atoms with van der Waals surface area (Å²) in [6, 6.07) is 6.02. The molecule has 0 radical (unpaired) electrons. The van der Waals surface area contributed by atoms with Crippen molar-refractivity contribution in [1.29, 1.82) is 0 Å². The molecule has 0 atom stereocenters. The summed E-state index contributed by atoms with van der Waals surface area (Å²) in [5.74, 6) is 2.91. The zero-order valence-corrected chi connectivity index (χ0v) is 13.5. The van der Waals surface area contributed by atoms with E-state index in [1.54, 1.807) is 0 Å². The molecule has 4 heteroatoms. The largest absolute Gasteiger partial charge is 0.438 e. The van der Waals surface area contributed by atoms with E-state index in [9.17, 15) is 0 Å². The first-order chi connectivity index (χ1) is 9.54. The Balaban J connectivity index is 1.97. The van der Waals surface area contributed by atoms with Gasteiger partial charge in [-0.25, -0.2) is 4.98 Å². The maximum atomic E-state index is 6.04. The molecular formula is C16H17BrN2O. The molecular weight excluding hydrogens is 316 g/mol. The first-order valence-corrected chi connectivity index (χ1v) is 7.63. The van der Waals surface area contributed by atoms with Crippen molar-refractivity contribution in [3.8, 4) is 11.6 Å². The predicted octanol–water partition coefficient (Wildman–Crippen LogP) is 4.83. The maximum Gasteiger partial charge on any atom is 0.223 e. The van der Waals surface area contributed by atoms with E-state index in [4.69, 9.17) is 4.74 Å². The van der Waals surface area contributed by atoms with Crippen molar-refractivity contribution < 1.29 is 4.74 Å². The molecule has 1 saturated carbocycles. The summed E-state index contributed by atoms with van der Waals surface area (Å²) < 4.78 is 6.82. The lowest BCUT2D eigenvalue weighted by molar-refractivity contribution is 0.450. The Hall–Kier alpha value is -1.42. The fraction of sp³-hybridized carbons (Fsp3) is 0.375. The van der Waals surface area contributed by atoms with E-state index in [0.717, 1.165) is 27.3 Å². The van der Waals surface area contributed by atoms with Gasteiger partial charge in [-0.3, -0.25) is 0 Å². The van der Waals surface area contributed by atoms with Gasteiger partial charge in [0.1, 0.15) is 16.2 Å². The Morgan fingerprint density at radius 1 is 1.10 bits per heavy atom. The summed E-state index contributed by atoms with van der Waals surface area (Å²) in [4.78, 5) is 8.96. The number of hydrogen-bond acceptors (Lipinski definition) is 3. The average molecular weight is 333 g/mol. The van der Waals surface area contributed by atoms with Crippen LogP contribution in [0.25, 0.3) is 0 Å². The summed E-state index contributed by atoms with van der Waals surface area (Å²) >= 11 is 3.44. The number of benzene rings is 1. The van der Waals surface area contributed by atoms with Crippen molar-refractivity contribution in [2.75, 3.05) is 0 Å². The lowest BCUT2D eigenvalue weighted by Crippen LogP contribution is -1.99. The molecule has 3 nitrogen and oxygen atoms in total. The summed E-state index contributed by atoms with van der Waals surface area (Å²) in [6.45, 7) is 6.22. The third kappa shape index (κ3) is 2.70. The number of halogens is 1. The second-order valence-corrected chi connectivity index (χ2v) is 6.23. The molecule has 0 aliphatic heterocycles. The summed E-state index contributed by atoms with van der Waals surface area (Å²) in [5, 5.41) is 0. The molecule has 1 aliphatic carbocycles. The molecule has 104 valence electrons. The van der Waals surface area contributed by atoms with Crippen LogP contribution in [-0.4, -0.2) is 9.97 Å². The van der Waals surface area contributed by atoms with Crippen molar-refractivity contribution in [3.63, 3.8) is 0 Å². The molecule has 1 aromatic carbocycles. The van der Waals surface area contributed by atoms with E-state index in [1.807, 2.05) is 6.07 Å². The molecule has 0 saturated heterocycles.